The number of halogens is 3. The van der Waals surface area contributed by atoms with Crippen molar-refractivity contribution in [2.75, 3.05) is 25.1 Å². The van der Waals surface area contributed by atoms with Crippen LogP contribution in [0.3, 0.4) is 0 Å². The molecule has 0 saturated carbocycles. The standard InChI is InChI=1S/C18H23F3N4O4/c1-10-14(16(27)28)23-25(17(2,3)4)15(10)29-12-9-22-8-11(24(5)6-7-26)13(12)18(19,20)21/h8-9,26H,6-7H2,1-5H3,(H,27,28). The largest absolute Gasteiger partial charge is 0.476 e. The van der Waals surface area contributed by atoms with E-state index < -0.39 is 29.0 Å². The van der Waals surface area contributed by atoms with Crippen LogP contribution in [0.2, 0.25) is 0 Å². The van der Waals surface area contributed by atoms with Gasteiger partial charge in [0.2, 0.25) is 5.88 Å². The van der Waals surface area contributed by atoms with Crippen molar-refractivity contribution in [2.24, 2.45) is 0 Å². The average molecular weight is 416 g/mol. The number of hydrogen-bond donors (Lipinski definition) is 2. The molecule has 160 valence electrons. The number of rotatable bonds is 6. The minimum absolute atomic E-state index is 0.0453. The van der Waals surface area contributed by atoms with Crippen LogP contribution in [0.25, 0.3) is 0 Å². The highest BCUT2D eigenvalue weighted by atomic mass is 19.4. The van der Waals surface area contributed by atoms with Gasteiger partial charge in [-0.25, -0.2) is 9.48 Å². The summed E-state index contributed by atoms with van der Waals surface area (Å²) in [5, 5.41) is 22.4. The number of nitrogens with zero attached hydrogens (tertiary/aromatic N) is 4. The molecule has 29 heavy (non-hydrogen) atoms. The van der Waals surface area contributed by atoms with Gasteiger partial charge in [0.05, 0.1) is 30.2 Å². The SMILES string of the molecule is Cc1c(C(=O)O)nn(C(C)(C)C)c1Oc1cncc(N(C)CCO)c1C(F)(F)F. The molecule has 0 unspecified atom stereocenters. The highest BCUT2D eigenvalue weighted by molar-refractivity contribution is 5.87. The molecule has 2 aromatic rings. The lowest BCUT2D eigenvalue weighted by molar-refractivity contribution is -0.138. The number of carboxylic acid groups (broad SMARTS) is 1. The Morgan fingerprint density at radius 1 is 1.28 bits per heavy atom. The number of carboxylic acids is 1. The van der Waals surface area contributed by atoms with E-state index >= 15 is 0 Å². The smallest absolute Gasteiger partial charge is 0.422 e. The molecule has 0 radical (unpaired) electrons. The molecule has 0 saturated heterocycles. The van der Waals surface area contributed by atoms with Gasteiger partial charge in [-0.1, -0.05) is 0 Å². The number of aromatic nitrogens is 3. The number of alkyl halides is 3. The molecule has 2 aromatic heterocycles. The molecule has 0 aromatic carbocycles. The van der Waals surface area contributed by atoms with Crippen LogP contribution in [-0.4, -0.2) is 51.1 Å². The summed E-state index contributed by atoms with van der Waals surface area (Å²) in [4.78, 5) is 16.5. The monoisotopic (exact) mass is 416 g/mol. The molecule has 2 N–H and O–H groups in total. The van der Waals surface area contributed by atoms with Crippen molar-refractivity contribution in [3.05, 3.63) is 29.2 Å². The zero-order chi connectivity index (χ0) is 22.1. The van der Waals surface area contributed by atoms with Crippen LogP contribution < -0.4 is 9.64 Å². The van der Waals surface area contributed by atoms with E-state index in [1.807, 2.05) is 0 Å². The first-order valence-corrected chi connectivity index (χ1v) is 8.67. The second-order valence-electron chi connectivity index (χ2n) is 7.44. The predicted molar refractivity (Wildman–Crippen MR) is 98.6 cm³/mol. The van der Waals surface area contributed by atoms with E-state index in [2.05, 4.69) is 10.1 Å². The van der Waals surface area contributed by atoms with Crippen LogP contribution >= 0.6 is 0 Å². The molecule has 0 spiro atoms. The quantitative estimate of drug-likeness (QED) is 0.745. The van der Waals surface area contributed by atoms with Crippen LogP contribution in [0.1, 0.15) is 42.4 Å². The molecular formula is C18H23F3N4O4. The van der Waals surface area contributed by atoms with Crippen LogP contribution in [0.4, 0.5) is 18.9 Å². The molecule has 0 aliphatic heterocycles. The van der Waals surface area contributed by atoms with E-state index in [-0.39, 0.29) is 36.0 Å². The van der Waals surface area contributed by atoms with Crippen LogP contribution in [-0.2, 0) is 11.7 Å². The number of likely N-dealkylation sites (N-methyl/N-ethyl adjacent to an activating group) is 1. The maximum atomic E-state index is 13.9. The second kappa shape index (κ2) is 7.90. The third-order valence-electron chi connectivity index (χ3n) is 4.13. The van der Waals surface area contributed by atoms with E-state index in [1.54, 1.807) is 20.8 Å². The summed E-state index contributed by atoms with van der Waals surface area (Å²) in [7, 11) is 1.39. The second-order valence-corrected chi connectivity index (χ2v) is 7.44. The number of aromatic carboxylic acids is 1. The first-order chi connectivity index (χ1) is 13.3. The van der Waals surface area contributed by atoms with Crippen molar-refractivity contribution in [1.82, 2.24) is 14.8 Å². The van der Waals surface area contributed by atoms with Crippen molar-refractivity contribution in [1.29, 1.82) is 0 Å². The van der Waals surface area contributed by atoms with E-state index in [9.17, 15) is 23.1 Å². The van der Waals surface area contributed by atoms with E-state index in [1.165, 1.54) is 23.6 Å². The van der Waals surface area contributed by atoms with Crippen LogP contribution in [0.15, 0.2) is 12.4 Å². The molecule has 11 heteroatoms. The Bertz CT molecular complexity index is 904. The lowest BCUT2D eigenvalue weighted by Crippen LogP contribution is -2.26. The lowest BCUT2D eigenvalue weighted by atomic mass is 10.1. The first-order valence-electron chi connectivity index (χ1n) is 8.67. The molecule has 8 nitrogen and oxygen atoms in total. The fourth-order valence-electron chi connectivity index (χ4n) is 2.72. The number of hydrogen-bond acceptors (Lipinski definition) is 6. The van der Waals surface area contributed by atoms with Gasteiger partial charge in [0.15, 0.2) is 11.4 Å². The number of anilines is 1. The van der Waals surface area contributed by atoms with E-state index in [0.717, 1.165) is 12.4 Å². The van der Waals surface area contributed by atoms with Crippen LogP contribution in [0, 0.1) is 6.92 Å². The van der Waals surface area contributed by atoms with Gasteiger partial charge in [-0.05, 0) is 27.7 Å². The normalized spacial score (nSPS) is 12.2. The molecule has 0 atom stereocenters. The zero-order valence-electron chi connectivity index (χ0n) is 16.7. The summed E-state index contributed by atoms with van der Waals surface area (Å²) >= 11 is 0. The van der Waals surface area contributed by atoms with Gasteiger partial charge in [0.25, 0.3) is 0 Å². The van der Waals surface area contributed by atoms with Gasteiger partial charge in [0.1, 0.15) is 5.56 Å². The van der Waals surface area contributed by atoms with Gasteiger partial charge in [-0.2, -0.15) is 18.3 Å². The van der Waals surface area contributed by atoms with Gasteiger partial charge >= 0.3 is 12.1 Å². The van der Waals surface area contributed by atoms with Gasteiger partial charge in [0, 0.05) is 19.2 Å². The maximum Gasteiger partial charge on any atom is 0.422 e. The maximum absolute atomic E-state index is 13.9. The summed E-state index contributed by atoms with van der Waals surface area (Å²) in [6, 6.07) is 0. The van der Waals surface area contributed by atoms with Crippen molar-refractivity contribution >= 4 is 11.7 Å². The summed E-state index contributed by atoms with van der Waals surface area (Å²) in [5.74, 6) is -2.03. The lowest BCUT2D eigenvalue weighted by Gasteiger charge is -2.25. The number of pyridine rings is 1. The summed E-state index contributed by atoms with van der Waals surface area (Å²) in [6.45, 7) is 6.16. The average Bonchev–Trinajstić information content (AvgIpc) is 2.91. The predicted octanol–water partition coefficient (Wildman–Crippen LogP) is 3.28. The topological polar surface area (TPSA) is 101 Å². The third-order valence-corrected chi connectivity index (χ3v) is 4.13. The molecule has 0 amide bonds. The number of ether oxygens (including phenoxy) is 1. The third kappa shape index (κ3) is 4.61. The Kier molecular flexibility index (Phi) is 6.12. The van der Waals surface area contributed by atoms with Crippen molar-refractivity contribution in [3.63, 3.8) is 0 Å². The number of aliphatic hydroxyl groups excluding tert-OH is 1. The Morgan fingerprint density at radius 3 is 2.38 bits per heavy atom. The Hall–Kier alpha value is -2.82. The highest BCUT2D eigenvalue weighted by Gasteiger charge is 2.40. The highest BCUT2D eigenvalue weighted by Crippen LogP contribution is 2.44. The van der Waals surface area contributed by atoms with Crippen LogP contribution in [0.5, 0.6) is 11.6 Å². The molecule has 0 aliphatic rings. The molecule has 0 fully saturated rings. The van der Waals surface area contributed by atoms with Crippen molar-refractivity contribution in [3.8, 4) is 11.6 Å². The minimum Gasteiger partial charge on any atom is -0.476 e. The van der Waals surface area contributed by atoms with Gasteiger partial charge < -0.3 is 19.8 Å². The van der Waals surface area contributed by atoms with Crippen molar-refractivity contribution < 1.29 is 32.9 Å². The summed E-state index contributed by atoms with van der Waals surface area (Å²) < 4.78 is 48.4. The Morgan fingerprint density at radius 2 is 1.90 bits per heavy atom. The summed E-state index contributed by atoms with van der Waals surface area (Å²) in [6.07, 6.45) is -2.84. The van der Waals surface area contributed by atoms with Crippen molar-refractivity contribution in [2.45, 2.75) is 39.4 Å². The minimum atomic E-state index is -4.78. The fraction of sp³-hybridized carbons (Fsp3) is 0.500. The molecule has 0 bridgehead atoms. The summed E-state index contributed by atoms with van der Waals surface area (Å²) in [5.41, 5.74) is -2.34. The number of aliphatic hydroxyl groups is 1. The Balaban J connectivity index is 2.69. The van der Waals surface area contributed by atoms with Gasteiger partial charge in [-0.15, -0.1) is 0 Å². The molecule has 0 aliphatic carbocycles. The molecule has 2 heterocycles. The first kappa shape index (κ1) is 22.5. The number of carbonyl (C=O) groups is 1. The fourth-order valence-corrected chi connectivity index (χ4v) is 2.72. The zero-order valence-corrected chi connectivity index (χ0v) is 16.7. The molecule has 2 rings (SSSR count). The Labute approximate surface area is 165 Å². The molecular weight excluding hydrogens is 393 g/mol. The van der Waals surface area contributed by atoms with E-state index in [4.69, 9.17) is 9.84 Å². The van der Waals surface area contributed by atoms with E-state index in [0.29, 0.717) is 0 Å². The van der Waals surface area contributed by atoms with Gasteiger partial charge in [-0.3, -0.25) is 4.98 Å².